The average Bonchev–Trinajstić information content (AvgIpc) is 2.84. The monoisotopic (exact) mass is 266 g/mol. The van der Waals surface area contributed by atoms with Crippen LogP contribution >= 0.6 is 0 Å². The van der Waals surface area contributed by atoms with Crippen molar-refractivity contribution in [2.24, 2.45) is 0 Å². The maximum Gasteiger partial charge on any atom is 0.261 e. The van der Waals surface area contributed by atoms with Crippen molar-refractivity contribution in [3.8, 4) is 0 Å². The van der Waals surface area contributed by atoms with Crippen LogP contribution in [0.3, 0.4) is 0 Å². The lowest BCUT2D eigenvalue weighted by Crippen LogP contribution is -2.23. The predicted octanol–water partition coefficient (Wildman–Crippen LogP) is 3.67. The van der Waals surface area contributed by atoms with Crippen LogP contribution in [0.1, 0.15) is 29.3 Å². The Labute approximate surface area is 119 Å². The van der Waals surface area contributed by atoms with Crippen molar-refractivity contribution >= 4 is 17.3 Å². The van der Waals surface area contributed by atoms with Crippen molar-refractivity contribution in [2.45, 2.75) is 19.9 Å². The molecule has 0 aromatic heterocycles. The number of nitrogens with zero attached hydrogens (tertiary/aromatic N) is 1. The van der Waals surface area contributed by atoms with Gasteiger partial charge in [0.1, 0.15) is 0 Å². The molecule has 1 aliphatic heterocycles. The van der Waals surface area contributed by atoms with Crippen LogP contribution in [0.4, 0.5) is 11.4 Å². The molecular formula is C17H18N2O. The van der Waals surface area contributed by atoms with E-state index in [1.54, 1.807) is 0 Å². The molecule has 0 atom stereocenters. The molecule has 0 saturated carbocycles. The first kappa shape index (κ1) is 12.7. The predicted molar refractivity (Wildman–Crippen MR) is 82.2 cm³/mol. The minimum atomic E-state index is 0.0883. The molecule has 1 heterocycles. The van der Waals surface area contributed by atoms with Crippen LogP contribution in [0.25, 0.3) is 0 Å². The van der Waals surface area contributed by atoms with Gasteiger partial charge in [-0.25, -0.2) is 0 Å². The number of carbonyl (C=O) groups excluding carboxylic acids is 1. The van der Waals surface area contributed by atoms with Gasteiger partial charge in [-0.15, -0.1) is 0 Å². The van der Waals surface area contributed by atoms with E-state index in [0.717, 1.165) is 35.5 Å². The second kappa shape index (κ2) is 5.37. The van der Waals surface area contributed by atoms with E-state index in [-0.39, 0.29) is 5.91 Å². The quantitative estimate of drug-likeness (QED) is 0.915. The zero-order chi connectivity index (χ0) is 13.9. The molecule has 3 rings (SSSR count). The minimum absolute atomic E-state index is 0.0883. The number of fused-ring (bicyclic) bond motifs is 1. The van der Waals surface area contributed by atoms with Gasteiger partial charge < -0.3 is 10.2 Å². The van der Waals surface area contributed by atoms with E-state index in [2.05, 4.69) is 12.2 Å². The van der Waals surface area contributed by atoms with Crippen LogP contribution in [0, 0.1) is 0 Å². The van der Waals surface area contributed by atoms with Crippen molar-refractivity contribution in [3.63, 3.8) is 0 Å². The Bertz CT molecular complexity index is 622. The van der Waals surface area contributed by atoms with E-state index in [9.17, 15) is 4.79 Å². The standard InChI is InChI=1S/C17H18N2O/c1-2-11-18-15-10-6-7-13-12-19(17(20)16(13)15)14-8-4-3-5-9-14/h3-10,18H,2,11-12H2,1H3. The van der Waals surface area contributed by atoms with Crippen LogP contribution in [0.15, 0.2) is 48.5 Å². The third-order valence-electron chi connectivity index (χ3n) is 3.57. The second-order valence-corrected chi connectivity index (χ2v) is 4.99. The first-order valence-electron chi connectivity index (χ1n) is 7.04. The van der Waals surface area contributed by atoms with Crippen LogP contribution in [0.5, 0.6) is 0 Å². The SMILES string of the molecule is CCCNc1cccc2c1C(=O)N(c1ccccc1)C2. The highest BCUT2D eigenvalue weighted by Crippen LogP contribution is 2.32. The summed E-state index contributed by atoms with van der Waals surface area (Å²) in [4.78, 5) is 14.5. The highest BCUT2D eigenvalue weighted by molar-refractivity contribution is 6.13. The summed E-state index contributed by atoms with van der Waals surface area (Å²) in [7, 11) is 0. The van der Waals surface area contributed by atoms with E-state index in [1.165, 1.54) is 0 Å². The number of nitrogens with one attached hydrogen (secondary N) is 1. The molecule has 1 aliphatic rings. The summed E-state index contributed by atoms with van der Waals surface area (Å²) in [6, 6.07) is 15.9. The topological polar surface area (TPSA) is 32.3 Å². The molecule has 0 spiro atoms. The van der Waals surface area contributed by atoms with Crippen molar-refractivity contribution < 1.29 is 4.79 Å². The van der Waals surface area contributed by atoms with Gasteiger partial charge in [-0.05, 0) is 30.2 Å². The number of para-hydroxylation sites is 1. The number of anilines is 2. The Morgan fingerprint density at radius 2 is 1.90 bits per heavy atom. The molecule has 3 heteroatoms. The molecule has 1 amide bonds. The van der Waals surface area contributed by atoms with E-state index >= 15 is 0 Å². The van der Waals surface area contributed by atoms with E-state index in [0.29, 0.717) is 6.54 Å². The molecule has 0 unspecified atom stereocenters. The molecule has 0 saturated heterocycles. The molecule has 0 bridgehead atoms. The molecule has 1 N–H and O–H groups in total. The largest absolute Gasteiger partial charge is 0.384 e. The second-order valence-electron chi connectivity index (χ2n) is 4.99. The number of rotatable bonds is 4. The average molecular weight is 266 g/mol. The Kier molecular flexibility index (Phi) is 3.42. The fourth-order valence-electron chi connectivity index (χ4n) is 2.59. The van der Waals surface area contributed by atoms with E-state index < -0.39 is 0 Å². The molecule has 0 radical (unpaired) electrons. The summed E-state index contributed by atoms with van der Waals surface area (Å²) in [5, 5.41) is 3.35. The summed E-state index contributed by atoms with van der Waals surface area (Å²) < 4.78 is 0. The zero-order valence-corrected chi connectivity index (χ0v) is 11.6. The molecule has 0 fully saturated rings. The van der Waals surface area contributed by atoms with Crippen LogP contribution in [0.2, 0.25) is 0 Å². The van der Waals surface area contributed by atoms with Gasteiger partial charge in [0.05, 0.1) is 12.1 Å². The molecule has 102 valence electrons. The lowest BCUT2D eigenvalue weighted by Gasteiger charge is -2.15. The smallest absolute Gasteiger partial charge is 0.261 e. The van der Waals surface area contributed by atoms with Crippen molar-refractivity contribution in [2.75, 3.05) is 16.8 Å². The lowest BCUT2D eigenvalue weighted by atomic mass is 10.1. The summed E-state index contributed by atoms with van der Waals surface area (Å²) in [5.74, 6) is 0.0883. The van der Waals surface area contributed by atoms with Gasteiger partial charge in [-0.3, -0.25) is 4.79 Å². The molecular weight excluding hydrogens is 248 g/mol. The summed E-state index contributed by atoms with van der Waals surface area (Å²) in [5.41, 5.74) is 3.83. The van der Waals surface area contributed by atoms with Crippen molar-refractivity contribution in [1.82, 2.24) is 0 Å². The Hall–Kier alpha value is -2.29. The Morgan fingerprint density at radius 3 is 2.65 bits per heavy atom. The minimum Gasteiger partial charge on any atom is -0.384 e. The van der Waals surface area contributed by atoms with Crippen molar-refractivity contribution in [3.05, 3.63) is 59.7 Å². The third kappa shape index (κ3) is 2.16. The molecule has 20 heavy (non-hydrogen) atoms. The first-order chi connectivity index (χ1) is 9.81. The van der Waals surface area contributed by atoms with Gasteiger partial charge in [0.25, 0.3) is 5.91 Å². The fraction of sp³-hybridized carbons (Fsp3) is 0.235. The van der Waals surface area contributed by atoms with Gasteiger partial charge in [0, 0.05) is 17.9 Å². The highest BCUT2D eigenvalue weighted by Gasteiger charge is 2.30. The number of amides is 1. The van der Waals surface area contributed by atoms with Crippen LogP contribution in [-0.2, 0) is 6.54 Å². The van der Waals surface area contributed by atoms with Crippen LogP contribution in [-0.4, -0.2) is 12.5 Å². The van der Waals surface area contributed by atoms with Gasteiger partial charge in [0.15, 0.2) is 0 Å². The normalized spacial score (nSPS) is 13.4. The molecule has 2 aromatic carbocycles. The molecule has 3 nitrogen and oxygen atoms in total. The fourth-order valence-corrected chi connectivity index (χ4v) is 2.59. The van der Waals surface area contributed by atoms with Crippen LogP contribution < -0.4 is 10.2 Å². The number of carbonyl (C=O) groups is 1. The summed E-state index contributed by atoms with van der Waals surface area (Å²) >= 11 is 0. The number of hydrogen-bond donors (Lipinski definition) is 1. The first-order valence-corrected chi connectivity index (χ1v) is 7.04. The van der Waals surface area contributed by atoms with Gasteiger partial charge in [-0.1, -0.05) is 37.3 Å². The van der Waals surface area contributed by atoms with E-state index in [1.807, 2.05) is 53.4 Å². The number of hydrogen-bond acceptors (Lipinski definition) is 2. The summed E-state index contributed by atoms with van der Waals surface area (Å²) in [6.07, 6.45) is 1.04. The maximum absolute atomic E-state index is 12.7. The van der Waals surface area contributed by atoms with Crippen molar-refractivity contribution in [1.29, 1.82) is 0 Å². The maximum atomic E-state index is 12.7. The third-order valence-corrected chi connectivity index (χ3v) is 3.57. The Balaban J connectivity index is 1.94. The van der Waals surface area contributed by atoms with Gasteiger partial charge >= 0.3 is 0 Å². The Morgan fingerprint density at radius 1 is 1.10 bits per heavy atom. The summed E-state index contributed by atoms with van der Waals surface area (Å²) in [6.45, 7) is 3.66. The van der Waals surface area contributed by atoms with Gasteiger partial charge in [0.2, 0.25) is 0 Å². The molecule has 2 aromatic rings. The highest BCUT2D eigenvalue weighted by atomic mass is 16.2. The lowest BCUT2D eigenvalue weighted by molar-refractivity contribution is 0.0997. The zero-order valence-electron chi connectivity index (χ0n) is 11.6. The number of benzene rings is 2. The molecule has 0 aliphatic carbocycles. The van der Waals surface area contributed by atoms with E-state index in [4.69, 9.17) is 0 Å². The van der Waals surface area contributed by atoms with Gasteiger partial charge in [-0.2, -0.15) is 0 Å².